The Hall–Kier alpha value is -1.89. The Morgan fingerprint density at radius 1 is 1.48 bits per heavy atom. The Labute approximate surface area is 136 Å². The van der Waals surface area contributed by atoms with Gasteiger partial charge in [0.25, 0.3) is 5.91 Å². The van der Waals surface area contributed by atoms with E-state index in [1.807, 2.05) is 32.7 Å². The van der Waals surface area contributed by atoms with E-state index in [4.69, 9.17) is 5.11 Å². The van der Waals surface area contributed by atoms with E-state index in [9.17, 15) is 9.59 Å². The third kappa shape index (κ3) is 4.10. The number of carbonyl (C=O) groups excluding carboxylic acids is 1. The first-order valence-electron chi connectivity index (χ1n) is 8.12. The molecular weight excluding hydrogens is 296 g/mol. The van der Waals surface area contributed by atoms with Crippen LogP contribution in [0.1, 0.15) is 55.6 Å². The van der Waals surface area contributed by atoms with Crippen LogP contribution < -0.4 is 5.32 Å². The highest BCUT2D eigenvalue weighted by Crippen LogP contribution is 2.26. The minimum absolute atomic E-state index is 0.0575. The summed E-state index contributed by atoms with van der Waals surface area (Å²) in [5, 5.41) is 16.3. The molecule has 0 spiro atoms. The number of aryl methyl sites for hydroxylation is 1. The van der Waals surface area contributed by atoms with E-state index in [2.05, 4.69) is 10.4 Å². The molecule has 0 radical (unpaired) electrons. The number of hydrogen-bond donors (Lipinski definition) is 2. The highest BCUT2D eigenvalue weighted by atomic mass is 16.4. The van der Waals surface area contributed by atoms with Gasteiger partial charge in [0.2, 0.25) is 0 Å². The second-order valence-corrected chi connectivity index (χ2v) is 6.51. The minimum atomic E-state index is -0.809. The van der Waals surface area contributed by atoms with Crippen LogP contribution in [0.25, 0.3) is 0 Å². The largest absolute Gasteiger partial charge is 0.480 e. The zero-order valence-electron chi connectivity index (χ0n) is 14.2. The average Bonchev–Trinajstić information content (AvgIpc) is 2.82. The van der Waals surface area contributed by atoms with Crippen LogP contribution in [0, 0.1) is 0 Å². The number of carboxylic acids is 1. The van der Waals surface area contributed by atoms with Crippen LogP contribution in [0.4, 0.5) is 0 Å². The first kappa shape index (κ1) is 17.5. The molecule has 7 nitrogen and oxygen atoms in total. The smallest absolute Gasteiger partial charge is 0.317 e. The maximum Gasteiger partial charge on any atom is 0.317 e. The van der Waals surface area contributed by atoms with Gasteiger partial charge in [-0.1, -0.05) is 20.8 Å². The Bertz CT molecular complexity index is 576. The number of hydrogen-bond acceptors (Lipinski definition) is 4. The summed E-state index contributed by atoms with van der Waals surface area (Å²) in [7, 11) is 1.81. The van der Waals surface area contributed by atoms with Gasteiger partial charge in [0.1, 0.15) is 0 Å². The molecule has 1 aromatic rings. The summed E-state index contributed by atoms with van der Waals surface area (Å²) in [5.74, 6) is -0.708. The van der Waals surface area contributed by atoms with Crippen molar-refractivity contribution < 1.29 is 14.7 Å². The molecule has 128 valence electrons. The van der Waals surface area contributed by atoms with Crippen molar-refractivity contribution in [1.29, 1.82) is 0 Å². The van der Waals surface area contributed by atoms with Gasteiger partial charge >= 0.3 is 5.97 Å². The average molecular weight is 322 g/mol. The predicted molar refractivity (Wildman–Crippen MR) is 86.5 cm³/mol. The number of nitrogens with zero attached hydrogens (tertiary/aromatic N) is 3. The Kier molecular flexibility index (Phi) is 5.41. The van der Waals surface area contributed by atoms with Gasteiger partial charge < -0.3 is 10.4 Å². The molecule has 1 aromatic heterocycles. The van der Waals surface area contributed by atoms with Crippen molar-refractivity contribution >= 4 is 11.9 Å². The molecule has 0 aromatic carbocycles. The number of aromatic nitrogens is 2. The molecule has 2 rings (SSSR count). The van der Waals surface area contributed by atoms with Gasteiger partial charge in [-0.05, 0) is 25.3 Å². The summed E-state index contributed by atoms with van der Waals surface area (Å²) in [6.45, 7) is 6.76. The van der Waals surface area contributed by atoms with Gasteiger partial charge in [-0.3, -0.25) is 19.2 Å². The summed E-state index contributed by atoms with van der Waals surface area (Å²) < 4.78 is 1.67. The Morgan fingerprint density at radius 2 is 2.13 bits per heavy atom. The maximum atomic E-state index is 12.4. The highest BCUT2D eigenvalue weighted by molar-refractivity contribution is 5.95. The van der Waals surface area contributed by atoms with E-state index >= 15 is 0 Å². The number of nitrogens with one attached hydrogen (secondary N) is 1. The quantitative estimate of drug-likeness (QED) is 0.788. The van der Waals surface area contributed by atoms with Crippen LogP contribution in [0.5, 0.6) is 0 Å². The van der Waals surface area contributed by atoms with Gasteiger partial charge in [0, 0.05) is 25.3 Å². The molecule has 1 amide bonds. The van der Waals surface area contributed by atoms with Crippen molar-refractivity contribution in [2.45, 2.75) is 51.6 Å². The number of rotatable bonds is 7. The van der Waals surface area contributed by atoms with Crippen molar-refractivity contribution in [1.82, 2.24) is 20.0 Å². The molecule has 1 aliphatic carbocycles. The maximum absolute atomic E-state index is 12.4. The van der Waals surface area contributed by atoms with Crippen LogP contribution in [0.2, 0.25) is 0 Å². The zero-order valence-corrected chi connectivity index (χ0v) is 14.2. The van der Waals surface area contributed by atoms with E-state index in [1.165, 1.54) is 0 Å². The standard InChI is InChI=1S/C16H26N4O3/c1-5-20(9-14(21)22)12-6-11(7-12)17-16(23)13-8-19(4)18-15(13)10(2)3/h8,10-12H,5-7,9H2,1-4H3,(H,17,23)(H,21,22). The topological polar surface area (TPSA) is 87.5 Å². The van der Waals surface area contributed by atoms with Crippen LogP contribution in [0.3, 0.4) is 0 Å². The van der Waals surface area contributed by atoms with Gasteiger partial charge in [-0.2, -0.15) is 5.10 Å². The van der Waals surface area contributed by atoms with Gasteiger partial charge in [0.05, 0.1) is 17.8 Å². The molecule has 23 heavy (non-hydrogen) atoms. The molecule has 2 N–H and O–H groups in total. The van der Waals surface area contributed by atoms with Gasteiger partial charge in [-0.15, -0.1) is 0 Å². The Balaban J connectivity index is 1.90. The number of carboxylic acid groups (broad SMARTS) is 1. The lowest BCUT2D eigenvalue weighted by molar-refractivity contribution is -0.139. The van der Waals surface area contributed by atoms with E-state index in [-0.39, 0.29) is 30.5 Å². The lowest BCUT2D eigenvalue weighted by Crippen LogP contribution is -2.54. The molecule has 1 fully saturated rings. The lowest BCUT2D eigenvalue weighted by atomic mass is 9.85. The normalized spacial score (nSPS) is 20.6. The van der Waals surface area contributed by atoms with Crippen molar-refractivity contribution in [3.8, 4) is 0 Å². The lowest BCUT2D eigenvalue weighted by Gasteiger charge is -2.42. The Morgan fingerprint density at radius 3 is 2.65 bits per heavy atom. The summed E-state index contributed by atoms with van der Waals surface area (Å²) in [6, 6.07) is 0.343. The molecule has 0 aliphatic heterocycles. The first-order chi connectivity index (χ1) is 10.8. The van der Waals surface area contributed by atoms with Gasteiger partial charge in [0.15, 0.2) is 0 Å². The monoisotopic (exact) mass is 322 g/mol. The van der Waals surface area contributed by atoms with Crippen LogP contribution in [0.15, 0.2) is 6.20 Å². The van der Waals surface area contributed by atoms with Crippen LogP contribution in [-0.4, -0.2) is 56.8 Å². The molecule has 0 atom stereocenters. The third-order valence-electron chi connectivity index (χ3n) is 4.36. The first-order valence-corrected chi connectivity index (χ1v) is 8.12. The molecule has 0 unspecified atom stereocenters. The molecule has 1 saturated carbocycles. The fraction of sp³-hybridized carbons (Fsp3) is 0.688. The number of carbonyl (C=O) groups is 2. The molecule has 0 saturated heterocycles. The van der Waals surface area contributed by atoms with Crippen molar-refractivity contribution in [3.63, 3.8) is 0 Å². The summed E-state index contributed by atoms with van der Waals surface area (Å²) in [5.41, 5.74) is 1.44. The predicted octanol–water partition coefficient (Wildman–Crippen LogP) is 1.21. The third-order valence-corrected chi connectivity index (χ3v) is 4.36. The van der Waals surface area contributed by atoms with E-state index in [0.717, 1.165) is 18.5 Å². The highest BCUT2D eigenvalue weighted by Gasteiger charge is 2.35. The molecule has 1 heterocycles. The van der Waals surface area contributed by atoms with Crippen molar-refractivity contribution in [2.75, 3.05) is 13.1 Å². The van der Waals surface area contributed by atoms with E-state index in [1.54, 1.807) is 10.9 Å². The number of amides is 1. The summed E-state index contributed by atoms with van der Waals surface area (Å²) in [6.07, 6.45) is 3.35. The molecule has 7 heteroatoms. The number of aliphatic carboxylic acids is 1. The van der Waals surface area contributed by atoms with E-state index < -0.39 is 5.97 Å². The number of likely N-dealkylation sites (N-methyl/N-ethyl adjacent to an activating group) is 1. The fourth-order valence-corrected chi connectivity index (χ4v) is 3.05. The second-order valence-electron chi connectivity index (χ2n) is 6.51. The van der Waals surface area contributed by atoms with Crippen LogP contribution in [-0.2, 0) is 11.8 Å². The van der Waals surface area contributed by atoms with E-state index in [0.29, 0.717) is 12.1 Å². The summed E-state index contributed by atoms with van der Waals surface area (Å²) in [4.78, 5) is 25.2. The molecule has 0 bridgehead atoms. The van der Waals surface area contributed by atoms with Gasteiger partial charge in [-0.25, -0.2) is 0 Å². The SMILES string of the molecule is CCN(CC(=O)O)C1CC(NC(=O)c2cn(C)nc2C(C)C)C1. The van der Waals surface area contributed by atoms with Crippen molar-refractivity contribution in [2.24, 2.45) is 7.05 Å². The minimum Gasteiger partial charge on any atom is -0.480 e. The molecular formula is C16H26N4O3. The fourth-order valence-electron chi connectivity index (χ4n) is 3.05. The van der Waals surface area contributed by atoms with Crippen LogP contribution >= 0.6 is 0 Å². The summed E-state index contributed by atoms with van der Waals surface area (Å²) >= 11 is 0. The second kappa shape index (κ2) is 7.12. The zero-order chi connectivity index (χ0) is 17.1. The van der Waals surface area contributed by atoms with Crippen molar-refractivity contribution in [3.05, 3.63) is 17.5 Å². The molecule has 1 aliphatic rings.